The topological polar surface area (TPSA) is 51.2 Å². The average molecular weight is 262 g/mol. The van der Waals surface area contributed by atoms with Gasteiger partial charge in [0.25, 0.3) is 0 Å². The summed E-state index contributed by atoms with van der Waals surface area (Å²) in [5, 5.41) is 3.46. The van der Waals surface area contributed by atoms with E-state index in [9.17, 15) is 4.79 Å². The molecule has 0 aliphatic heterocycles. The van der Waals surface area contributed by atoms with Gasteiger partial charge in [-0.05, 0) is 37.4 Å². The van der Waals surface area contributed by atoms with E-state index in [1.807, 2.05) is 6.07 Å². The van der Waals surface area contributed by atoms with Gasteiger partial charge in [0.1, 0.15) is 0 Å². The quantitative estimate of drug-likeness (QED) is 0.828. The number of nitrogens with one attached hydrogen (secondary N) is 1. The highest BCUT2D eigenvalue weighted by atomic mass is 16.5. The van der Waals surface area contributed by atoms with Crippen LogP contribution in [0.2, 0.25) is 0 Å². The number of carbonyl (C=O) groups excluding carboxylic acids is 1. The molecular weight excluding hydrogens is 240 g/mol. The first kappa shape index (κ1) is 14.0. The lowest BCUT2D eigenvalue weighted by Crippen LogP contribution is -2.24. The van der Waals surface area contributed by atoms with Crippen LogP contribution in [0.3, 0.4) is 0 Å². The van der Waals surface area contributed by atoms with Gasteiger partial charge in [0.05, 0.1) is 18.4 Å². The van der Waals surface area contributed by atoms with Gasteiger partial charge in [0.2, 0.25) is 0 Å². The summed E-state index contributed by atoms with van der Waals surface area (Å²) in [6.45, 7) is 1.83. The standard InChI is InChI=1S/C15H22N2O2/c1-19-15(18)13-7-8-14(17-10-13)11-16-9-12-5-3-2-4-6-12/h7-8,10,12,16H,2-6,9,11H2,1H3. The summed E-state index contributed by atoms with van der Waals surface area (Å²) in [5.41, 5.74) is 1.46. The third-order valence-electron chi connectivity index (χ3n) is 3.71. The molecule has 0 atom stereocenters. The molecule has 0 bridgehead atoms. The SMILES string of the molecule is COC(=O)c1ccc(CNCC2CCCCC2)nc1. The molecule has 0 radical (unpaired) electrons. The van der Waals surface area contributed by atoms with Crippen molar-refractivity contribution in [3.8, 4) is 0 Å². The zero-order valence-electron chi connectivity index (χ0n) is 11.5. The number of aromatic nitrogens is 1. The Kier molecular flexibility index (Phi) is 5.33. The van der Waals surface area contributed by atoms with Crippen LogP contribution in [0.15, 0.2) is 18.3 Å². The van der Waals surface area contributed by atoms with E-state index in [0.717, 1.165) is 24.7 Å². The molecule has 0 unspecified atom stereocenters. The number of pyridine rings is 1. The van der Waals surface area contributed by atoms with Gasteiger partial charge in [-0.3, -0.25) is 4.98 Å². The summed E-state index contributed by atoms with van der Waals surface area (Å²) in [6, 6.07) is 3.64. The third-order valence-corrected chi connectivity index (χ3v) is 3.71. The number of esters is 1. The number of nitrogens with zero attached hydrogens (tertiary/aromatic N) is 1. The molecule has 4 nitrogen and oxygen atoms in total. The molecule has 0 saturated heterocycles. The summed E-state index contributed by atoms with van der Waals surface area (Å²) >= 11 is 0. The Morgan fingerprint density at radius 3 is 2.79 bits per heavy atom. The minimum atomic E-state index is -0.339. The van der Waals surface area contributed by atoms with Crippen LogP contribution >= 0.6 is 0 Å². The number of ether oxygens (including phenoxy) is 1. The lowest BCUT2D eigenvalue weighted by molar-refractivity contribution is 0.0600. The van der Waals surface area contributed by atoms with E-state index in [-0.39, 0.29) is 5.97 Å². The molecule has 1 aliphatic carbocycles. The first-order valence-corrected chi connectivity index (χ1v) is 7.03. The van der Waals surface area contributed by atoms with Crippen molar-refractivity contribution in [1.82, 2.24) is 10.3 Å². The molecular formula is C15H22N2O2. The van der Waals surface area contributed by atoms with Crippen molar-refractivity contribution in [2.45, 2.75) is 38.6 Å². The van der Waals surface area contributed by atoms with E-state index >= 15 is 0 Å². The van der Waals surface area contributed by atoms with Gasteiger partial charge in [0, 0.05) is 12.7 Å². The van der Waals surface area contributed by atoms with Crippen LogP contribution in [0.5, 0.6) is 0 Å². The van der Waals surface area contributed by atoms with Gasteiger partial charge >= 0.3 is 5.97 Å². The summed E-state index contributed by atoms with van der Waals surface area (Å²) < 4.78 is 4.64. The summed E-state index contributed by atoms with van der Waals surface area (Å²) in [7, 11) is 1.38. The number of hydrogen-bond acceptors (Lipinski definition) is 4. The smallest absolute Gasteiger partial charge is 0.339 e. The molecule has 1 fully saturated rings. The van der Waals surface area contributed by atoms with Crippen LogP contribution in [-0.2, 0) is 11.3 Å². The van der Waals surface area contributed by atoms with Crippen LogP contribution in [0.25, 0.3) is 0 Å². The van der Waals surface area contributed by atoms with Gasteiger partial charge in [0.15, 0.2) is 0 Å². The largest absolute Gasteiger partial charge is 0.465 e. The molecule has 0 aromatic carbocycles. The Morgan fingerprint density at radius 2 is 2.16 bits per heavy atom. The van der Waals surface area contributed by atoms with Crippen LogP contribution in [-0.4, -0.2) is 24.6 Å². The second-order valence-electron chi connectivity index (χ2n) is 5.16. The van der Waals surface area contributed by atoms with Crippen molar-refractivity contribution < 1.29 is 9.53 Å². The van der Waals surface area contributed by atoms with E-state index in [2.05, 4.69) is 15.0 Å². The predicted molar refractivity (Wildman–Crippen MR) is 73.9 cm³/mol. The molecule has 1 aromatic rings. The van der Waals surface area contributed by atoms with Crippen LogP contribution in [0, 0.1) is 5.92 Å². The fraction of sp³-hybridized carbons (Fsp3) is 0.600. The normalized spacial score (nSPS) is 16.3. The monoisotopic (exact) mass is 262 g/mol. The molecule has 1 N–H and O–H groups in total. The van der Waals surface area contributed by atoms with Crippen LogP contribution in [0.4, 0.5) is 0 Å². The second-order valence-corrected chi connectivity index (χ2v) is 5.16. The van der Waals surface area contributed by atoms with Gasteiger partial charge in [-0.1, -0.05) is 19.3 Å². The number of methoxy groups -OCH3 is 1. The maximum atomic E-state index is 11.3. The zero-order chi connectivity index (χ0) is 13.5. The van der Waals surface area contributed by atoms with E-state index in [1.54, 1.807) is 12.3 Å². The maximum absolute atomic E-state index is 11.3. The molecule has 0 amide bonds. The van der Waals surface area contributed by atoms with E-state index in [1.165, 1.54) is 39.2 Å². The predicted octanol–water partition coefficient (Wildman–Crippen LogP) is 2.54. The highest BCUT2D eigenvalue weighted by molar-refractivity contribution is 5.88. The van der Waals surface area contributed by atoms with Crippen LogP contribution < -0.4 is 5.32 Å². The summed E-state index contributed by atoms with van der Waals surface area (Å²) in [6.07, 6.45) is 8.41. The maximum Gasteiger partial charge on any atom is 0.339 e. The molecule has 2 rings (SSSR count). The summed E-state index contributed by atoms with van der Waals surface area (Å²) in [5.74, 6) is 0.484. The second kappa shape index (κ2) is 7.24. The molecule has 0 spiro atoms. The first-order valence-electron chi connectivity index (χ1n) is 7.03. The highest BCUT2D eigenvalue weighted by Crippen LogP contribution is 2.22. The fourth-order valence-electron chi connectivity index (χ4n) is 2.56. The molecule has 1 aliphatic rings. The fourth-order valence-corrected chi connectivity index (χ4v) is 2.56. The Labute approximate surface area is 114 Å². The Bertz CT molecular complexity index is 397. The van der Waals surface area contributed by atoms with Crippen molar-refractivity contribution in [3.63, 3.8) is 0 Å². The number of hydrogen-bond donors (Lipinski definition) is 1. The molecule has 1 aromatic heterocycles. The zero-order valence-corrected chi connectivity index (χ0v) is 11.5. The van der Waals surface area contributed by atoms with Crippen molar-refractivity contribution in [2.24, 2.45) is 5.92 Å². The average Bonchev–Trinajstić information content (AvgIpc) is 2.48. The Morgan fingerprint density at radius 1 is 1.37 bits per heavy atom. The molecule has 1 saturated carbocycles. The van der Waals surface area contributed by atoms with Gasteiger partial charge < -0.3 is 10.1 Å². The lowest BCUT2D eigenvalue weighted by atomic mass is 9.89. The van der Waals surface area contributed by atoms with E-state index in [0.29, 0.717) is 5.56 Å². The number of rotatable bonds is 5. The molecule has 104 valence electrons. The Balaban J connectivity index is 1.75. The Hall–Kier alpha value is -1.42. The van der Waals surface area contributed by atoms with Crippen LogP contribution in [0.1, 0.15) is 48.2 Å². The van der Waals surface area contributed by atoms with Crippen molar-refractivity contribution in [3.05, 3.63) is 29.6 Å². The highest BCUT2D eigenvalue weighted by Gasteiger charge is 2.12. The molecule has 1 heterocycles. The number of carbonyl (C=O) groups is 1. The first-order chi connectivity index (χ1) is 9.29. The van der Waals surface area contributed by atoms with Crippen molar-refractivity contribution in [1.29, 1.82) is 0 Å². The minimum Gasteiger partial charge on any atom is -0.465 e. The molecule has 4 heteroatoms. The lowest BCUT2D eigenvalue weighted by Gasteiger charge is -2.21. The van der Waals surface area contributed by atoms with E-state index < -0.39 is 0 Å². The van der Waals surface area contributed by atoms with E-state index in [4.69, 9.17) is 0 Å². The molecule has 19 heavy (non-hydrogen) atoms. The van der Waals surface area contributed by atoms with Gasteiger partial charge in [-0.2, -0.15) is 0 Å². The van der Waals surface area contributed by atoms with Crippen molar-refractivity contribution in [2.75, 3.05) is 13.7 Å². The van der Waals surface area contributed by atoms with Gasteiger partial charge in [-0.25, -0.2) is 4.79 Å². The third kappa shape index (κ3) is 4.31. The summed E-state index contributed by atoms with van der Waals surface area (Å²) in [4.78, 5) is 15.5. The van der Waals surface area contributed by atoms with Gasteiger partial charge in [-0.15, -0.1) is 0 Å². The minimum absolute atomic E-state index is 0.339. The van der Waals surface area contributed by atoms with Crippen molar-refractivity contribution >= 4 is 5.97 Å².